The molecule has 138 valence electrons. The normalized spacial score (nSPS) is 11.1. The van der Waals surface area contributed by atoms with Crippen LogP contribution in [0.25, 0.3) is 11.3 Å². The minimum atomic E-state index is 0. The van der Waals surface area contributed by atoms with Gasteiger partial charge >= 0.3 is 0 Å². The van der Waals surface area contributed by atoms with Gasteiger partial charge in [0, 0.05) is 29.2 Å². The summed E-state index contributed by atoms with van der Waals surface area (Å²) in [4.78, 5) is 10.1. The number of nitrogens with zero attached hydrogens (tertiary/aromatic N) is 3. The number of thiazole rings is 1. The van der Waals surface area contributed by atoms with Crippen LogP contribution < -0.4 is 10.6 Å². The molecule has 3 aromatic rings. The number of hydrogen-bond acceptors (Lipinski definition) is 5. The van der Waals surface area contributed by atoms with E-state index in [-0.39, 0.29) is 24.0 Å². The van der Waals surface area contributed by atoms with Gasteiger partial charge in [0.1, 0.15) is 10.7 Å². The molecule has 0 fully saturated rings. The quantitative estimate of drug-likeness (QED) is 0.315. The van der Waals surface area contributed by atoms with E-state index in [0.29, 0.717) is 13.1 Å². The average Bonchev–Trinajstić information content (AvgIpc) is 3.27. The fourth-order valence-corrected chi connectivity index (χ4v) is 3.00. The molecule has 2 heterocycles. The summed E-state index contributed by atoms with van der Waals surface area (Å²) in [5.41, 5.74) is 1.80. The molecule has 0 amide bonds. The van der Waals surface area contributed by atoms with E-state index < -0.39 is 0 Å². The average molecular weight is 483 g/mol. The van der Waals surface area contributed by atoms with Gasteiger partial charge in [0.15, 0.2) is 11.7 Å². The number of aryl methyl sites for hydroxylation is 1. The predicted molar refractivity (Wildman–Crippen MR) is 116 cm³/mol. The molecule has 6 nitrogen and oxygen atoms in total. The molecule has 0 aliphatic carbocycles. The zero-order valence-corrected chi connectivity index (χ0v) is 17.9. The van der Waals surface area contributed by atoms with Gasteiger partial charge in [0.2, 0.25) is 0 Å². The number of nitrogens with one attached hydrogen (secondary N) is 2. The zero-order chi connectivity index (χ0) is 17.5. The molecule has 0 unspecified atom stereocenters. The summed E-state index contributed by atoms with van der Waals surface area (Å²) in [5, 5.41) is 11.6. The highest BCUT2D eigenvalue weighted by molar-refractivity contribution is 14.0. The molecule has 0 aliphatic rings. The smallest absolute Gasteiger partial charge is 0.191 e. The molecular formula is C18H22IN5OS. The summed E-state index contributed by atoms with van der Waals surface area (Å²) < 4.78 is 5.41. The second-order valence-corrected chi connectivity index (χ2v) is 6.78. The Morgan fingerprint density at radius 2 is 2.04 bits per heavy atom. The van der Waals surface area contributed by atoms with Crippen LogP contribution in [-0.4, -0.2) is 22.6 Å². The Labute approximate surface area is 174 Å². The van der Waals surface area contributed by atoms with Crippen molar-refractivity contribution in [2.45, 2.75) is 26.9 Å². The standard InChI is InChI=1S/C18H21N5OS.HI/c1-3-19-18(22-12-17-20-10-13(2)25-17)21-11-15-9-16(24-23-15)14-7-5-4-6-8-14;/h4-10H,3,11-12H2,1-2H3,(H2,19,21,22);1H. The number of aliphatic imine (C=N–C) groups is 1. The van der Waals surface area contributed by atoms with E-state index in [2.05, 4.69) is 32.7 Å². The summed E-state index contributed by atoms with van der Waals surface area (Å²) in [6, 6.07) is 11.8. The lowest BCUT2D eigenvalue weighted by atomic mass is 10.2. The lowest BCUT2D eigenvalue weighted by Gasteiger charge is -2.09. The topological polar surface area (TPSA) is 75.3 Å². The Kier molecular flexibility index (Phi) is 8.05. The highest BCUT2D eigenvalue weighted by atomic mass is 127. The van der Waals surface area contributed by atoms with Gasteiger partial charge < -0.3 is 15.2 Å². The fraction of sp³-hybridized carbons (Fsp3) is 0.278. The van der Waals surface area contributed by atoms with Crippen LogP contribution in [0.5, 0.6) is 0 Å². The largest absolute Gasteiger partial charge is 0.357 e. The molecule has 0 saturated carbocycles. The molecule has 2 N–H and O–H groups in total. The van der Waals surface area contributed by atoms with Gasteiger partial charge in [0.25, 0.3) is 0 Å². The monoisotopic (exact) mass is 483 g/mol. The number of hydrogen-bond donors (Lipinski definition) is 2. The molecule has 0 aliphatic heterocycles. The van der Waals surface area contributed by atoms with E-state index in [0.717, 1.165) is 34.5 Å². The Hall–Kier alpha value is -1.94. The first-order valence-electron chi connectivity index (χ1n) is 8.19. The first kappa shape index (κ1) is 20.4. The summed E-state index contributed by atoms with van der Waals surface area (Å²) >= 11 is 1.68. The van der Waals surface area contributed by atoms with Crippen LogP contribution in [0.3, 0.4) is 0 Å². The van der Waals surface area contributed by atoms with Crippen LogP contribution >= 0.6 is 35.3 Å². The highest BCUT2D eigenvalue weighted by Crippen LogP contribution is 2.19. The van der Waals surface area contributed by atoms with Crippen molar-refractivity contribution >= 4 is 41.3 Å². The van der Waals surface area contributed by atoms with Crippen molar-refractivity contribution < 1.29 is 4.52 Å². The number of guanidine groups is 1. The lowest BCUT2D eigenvalue weighted by Crippen LogP contribution is -2.36. The molecule has 0 radical (unpaired) electrons. The SMILES string of the molecule is CCNC(=NCc1cc(-c2ccccc2)on1)NCc1ncc(C)s1.I. The number of aromatic nitrogens is 2. The zero-order valence-electron chi connectivity index (χ0n) is 14.7. The molecule has 3 rings (SSSR count). The van der Waals surface area contributed by atoms with E-state index in [1.165, 1.54) is 4.88 Å². The predicted octanol–water partition coefficient (Wildman–Crippen LogP) is 3.98. The van der Waals surface area contributed by atoms with Crippen molar-refractivity contribution in [3.05, 3.63) is 58.2 Å². The van der Waals surface area contributed by atoms with Crippen molar-refractivity contribution in [3.8, 4) is 11.3 Å². The number of rotatable bonds is 6. The van der Waals surface area contributed by atoms with Crippen LogP contribution in [0.2, 0.25) is 0 Å². The van der Waals surface area contributed by atoms with Crippen LogP contribution in [0, 0.1) is 6.92 Å². The van der Waals surface area contributed by atoms with Crippen molar-refractivity contribution in [3.63, 3.8) is 0 Å². The maximum atomic E-state index is 5.41. The molecule has 26 heavy (non-hydrogen) atoms. The Balaban J connectivity index is 0.00000243. The van der Waals surface area contributed by atoms with E-state index in [1.807, 2.05) is 49.5 Å². The van der Waals surface area contributed by atoms with Gasteiger partial charge in [-0.15, -0.1) is 35.3 Å². The van der Waals surface area contributed by atoms with Gasteiger partial charge in [-0.25, -0.2) is 9.98 Å². The van der Waals surface area contributed by atoms with Gasteiger partial charge in [-0.1, -0.05) is 35.5 Å². The second kappa shape index (κ2) is 10.3. The first-order chi connectivity index (χ1) is 12.2. The van der Waals surface area contributed by atoms with E-state index in [4.69, 9.17) is 4.52 Å². The molecule has 0 spiro atoms. The van der Waals surface area contributed by atoms with E-state index >= 15 is 0 Å². The lowest BCUT2D eigenvalue weighted by molar-refractivity contribution is 0.424. The fourth-order valence-electron chi connectivity index (χ4n) is 2.27. The number of halogens is 1. The molecule has 0 saturated heterocycles. The summed E-state index contributed by atoms with van der Waals surface area (Å²) in [6.45, 7) is 5.97. The van der Waals surface area contributed by atoms with Crippen molar-refractivity contribution in [1.82, 2.24) is 20.8 Å². The first-order valence-corrected chi connectivity index (χ1v) is 9.00. The summed E-state index contributed by atoms with van der Waals surface area (Å²) in [5.74, 6) is 1.49. The molecule has 0 bridgehead atoms. The van der Waals surface area contributed by atoms with Crippen LogP contribution in [0.15, 0.2) is 52.1 Å². The Bertz CT molecular complexity index is 831. The van der Waals surface area contributed by atoms with E-state index in [9.17, 15) is 0 Å². The molecular weight excluding hydrogens is 461 g/mol. The molecule has 2 aromatic heterocycles. The van der Waals surface area contributed by atoms with Gasteiger partial charge in [-0.2, -0.15) is 0 Å². The maximum absolute atomic E-state index is 5.41. The highest BCUT2D eigenvalue weighted by Gasteiger charge is 2.07. The second-order valence-electron chi connectivity index (χ2n) is 5.46. The third-order valence-electron chi connectivity index (χ3n) is 3.44. The maximum Gasteiger partial charge on any atom is 0.191 e. The summed E-state index contributed by atoms with van der Waals surface area (Å²) in [6.07, 6.45) is 1.88. The molecule has 1 aromatic carbocycles. The van der Waals surface area contributed by atoms with Crippen LogP contribution in [0.1, 0.15) is 22.5 Å². The van der Waals surface area contributed by atoms with Crippen LogP contribution in [-0.2, 0) is 13.1 Å². The van der Waals surface area contributed by atoms with Crippen molar-refractivity contribution in [1.29, 1.82) is 0 Å². The Morgan fingerprint density at radius 1 is 1.23 bits per heavy atom. The van der Waals surface area contributed by atoms with E-state index in [1.54, 1.807) is 11.3 Å². The minimum absolute atomic E-state index is 0. The third-order valence-corrected chi connectivity index (χ3v) is 4.35. The Morgan fingerprint density at radius 3 is 2.73 bits per heavy atom. The van der Waals surface area contributed by atoms with Gasteiger partial charge in [-0.3, -0.25) is 0 Å². The minimum Gasteiger partial charge on any atom is -0.357 e. The molecule has 8 heteroatoms. The van der Waals surface area contributed by atoms with Crippen molar-refractivity contribution in [2.75, 3.05) is 6.54 Å². The number of benzene rings is 1. The van der Waals surface area contributed by atoms with Gasteiger partial charge in [-0.05, 0) is 13.8 Å². The third kappa shape index (κ3) is 5.80. The van der Waals surface area contributed by atoms with Gasteiger partial charge in [0.05, 0.1) is 13.1 Å². The molecule has 0 atom stereocenters. The van der Waals surface area contributed by atoms with Crippen molar-refractivity contribution in [2.24, 2.45) is 4.99 Å². The summed E-state index contributed by atoms with van der Waals surface area (Å²) in [7, 11) is 0. The van der Waals surface area contributed by atoms with Crippen LogP contribution in [0.4, 0.5) is 0 Å².